The van der Waals surface area contributed by atoms with E-state index in [1.54, 1.807) is 0 Å². The second kappa shape index (κ2) is 20.5. The van der Waals surface area contributed by atoms with Gasteiger partial charge in [-0.3, -0.25) is 4.57 Å². The zero-order chi connectivity index (χ0) is 15.2. The van der Waals surface area contributed by atoms with Gasteiger partial charge in [-0.05, 0) is 24.7 Å². The van der Waals surface area contributed by atoms with E-state index in [1.165, 1.54) is 25.7 Å². The maximum Gasteiger partial charge on any atom is 1.00 e. The Morgan fingerprint density at radius 2 is 1.18 bits per heavy atom. The number of halogens is 1. The number of hydrogen-bond acceptors (Lipinski definition) is 3. The zero-order valence-electron chi connectivity index (χ0n) is 15.3. The van der Waals surface area contributed by atoms with Crippen molar-refractivity contribution >= 4 is 8.25 Å². The molecule has 0 aromatic heterocycles. The molecule has 0 aliphatic carbocycles. The monoisotopic (exact) mass is 364 g/mol. The standard InChI is InChI=1S/C16H35O3P.ClH.Na/c1-5-9-11-15(7-3)13-18-20(17)19-14-16(8-4)12-10-6-2;;/h15-16,20H,5-14H2,1-4H3;1H;/q;;+1/p-1. The molecule has 0 fully saturated rings. The molecule has 0 aliphatic heterocycles. The van der Waals surface area contributed by atoms with Crippen LogP contribution in [0.25, 0.3) is 0 Å². The Balaban J connectivity index is -0.00000180. The number of rotatable bonds is 14. The van der Waals surface area contributed by atoms with Gasteiger partial charge in [-0.2, -0.15) is 0 Å². The van der Waals surface area contributed by atoms with E-state index in [4.69, 9.17) is 9.05 Å². The first-order valence-corrected chi connectivity index (χ1v) is 9.69. The van der Waals surface area contributed by atoms with Gasteiger partial charge < -0.3 is 21.5 Å². The third-order valence-corrected chi connectivity index (χ3v) is 4.77. The second-order valence-electron chi connectivity index (χ2n) is 5.71. The minimum absolute atomic E-state index is 0. The molecule has 0 radical (unpaired) electrons. The third-order valence-electron chi connectivity index (χ3n) is 3.96. The van der Waals surface area contributed by atoms with E-state index in [0.717, 1.165) is 25.7 Å². The van der Waals surface area contributed by atoms with Crippen LogP contribution in [0.4, 0.5) is 0 Å². The van der Waals surface area contributed by atoms with E-state index >= 15 is 0 Å². The van der Waals surface area contributed by atoms with Crippen molar-refractivity contribution in [1.29, 1.82) is 0 Å². The Bertz CT molecular complexity index is 223. The van der Waals surface area contributed by atoms with Gasteiger partial charge in [0, 0.05) is 0 Å². The maximum atomic E-state index is 11.8. The van der Waals surface area contributed by atoms with Gasteiger partial charge in [0.05, 0.1) is 13.2 Å². The summed E-state index contributed by atoms with van der Waals surface area (Å²) in [5.41, 5.74) is 0. The molecule has 22 heavy (non-hydrogen) atoms. The van der Waals surface area contributed by atoms with Crippen LogP contribution < -0.4 is 42.0 Å². The zero-order valence-corrected chi connectivity index (χ0v) is 19.1. The van der Waals surface area contributed by atoms with Crippen molar-refractivity contribution in [2.75, 3.05) is 13.2 Å². The number of hydrogen-bond donors (Lipinski definition) is 0. The van der Waals surface area contributed by atoms with Crippen molar-refractivity contribution in [3.63, 3.8) is 0 Å². The van der Waals surface area contributed by atoms with Crippen LogP contribution in [0.5, 0.6) is 0 Å². The average molecular weight is 365 g/mol. The predicted octanol–water partition coefficient (Wildman–Crippen LogP) is -0.150. The number of unbranched alkanes of at least 4 members (excludes halogenated alkanes) is 2. The summed E-state index contributed by atoms with van der Waals surface area (Å²) < 4.78 is 22.6. The van der Waals surface area contributed by atoms with E-state index in [9.17, 15) is 4.57 Å². The molecule has 2 atom stereocenters. The fraction of sp³-hybridized carbons (Fsp3) is 1.00. The van der Waals surface area contributed by atoms with Crippen LogP contribution >= 0.6 is 8.25 Å². The molecule has 0 aromatic carbocycles. The van der Waals surface area contributed by atoms with E-state index in [1.807, 2.05) is 0 Å². The molecule has 0 bridgehead atoms. The average Bonchev–Trinajstić information content (AvgIpc) is 2.47. The molecule has 0 saturated carbocycles. The van der Waals surface area contributed by atoms with E-state index < -0.39 is 8.25 Å². The Morgan fingerprint density at radius 3 is 1.45 bits per heavy atom. The predicted molar refractivity (Wildman–Crippen MR) is 87.5 cm³/mol. The molecule has 0 amide bonds. The van der Waals surface area contributed by atoms with Crippen LogP contribution in [0.2, 0.25) is 0 Å². The molecule has 0 rings (SSSR count). The summed E-state index contributed by atoms with van der Waals surface area (Å²) in [5, 5.41) is 0. The van der Waals surface area contributed by atoms with Crippen molar-refractivity contribution in [2.45, 2.75) is 79.1 Å². The molecule has 3 nitrogen and oxygen atoms in total. The van der Waals surface area contributed by atoms with Crippen molar-refractivity contribution in [3.05, 3.63) is 0 Å². The summed E-state index contributed by atoms with van der Waals surface area (Å²) >= 11 is 0. The van der Waals surface area contributed by atoms with E-state index in [2.05, 4.69) is 27.7 Å². The Morgan fingerprint density at radius 1 is 0.818 bits per heavy atom. The molecule has 6 heteroatoms. The van der Waals surface area contributed by atoms with Crippen LogP contribution in [0, 0.1) is 11.8 Å². The largest absolute Gasteiger partial charge is 1.00 e. The Labute approximate surface area is 167 Å². The SMILES string of the molecule is CCCCC(CC)CO[PH](=O)OCC(CC)CCCC.[Cl-].[Na+]. The van der Waals surface area contributed by atoms with Crippen molar-refractivity contribution in [2.24, 2.45) is 11.8 Å². The summed E-state index contributed by atoms with van der Waals surface area (Å²) in [4.78, 5) is 0. The second-order valence-corrected chi connectivity index (χ2v) is 6.78. The quantitative estimate of drug-likeness (QED) is 0.318. The minimum atomic E-state index is -2.30. The van der Waals surface area contributed by atoms with Crippen LogP contribution in [-0.4, -0.2) is 13.2 Å². The van der Waals surface area contributed by atoms with E-state index in [-0.39, 0.29) is 42.0 Å². The Kier molecular flexibility index (Phi) is 26.3. The summed E-state index contributed by atoms with van der Waals surface area (Å²) in [6.45, 7) is 9.89. The van der Waals surface area contributed by atoms with Gasteiger partial charge in [0.1, 0.15) is 0 Å². The third kappa shape index (κ3) is 16.3. The van der Waals surface area contributed by atoms with Crippen LogP contribution in [0.1, 0.15) is 79.1 Å². The molecule has 0 aliphatic rings. The van der Waals surface area contributed by atoms with Gasteiger partial charge in [0.15, 0.2) is 0 Å². The normalized spacial score (nSPS) is 14.5. The van der Waals surface area contributed by atoms with E-state index in [0.29, 0.717) is 25.0 Å². The first kappa shape index (κ1) is 28.3. The fourth-order valence-electron chi connectivity index (χ4n) is 2.21. The van der Waals surface area contributed by atoms with Crippen LogP contribution in [0.15, 0.2) is 0 Å². The topological polar surface area (TPSA) is 35.5 Å². The smallest absolute Gasteiger partial charge is 1.00 e. The molecular formula is C16H35ClNaO3P. The van der Waals surface area contributed by atoms with Gasteiger partial charge in [-0.25, -0.2) is 0 Å². The first-order valence-electron chi connectivity index (χ1n) is 8.47. The molecule has 0 saturated heterocycles. The summed E-state index contributed by atoms with van der Waals surface area (Å²) in [6, 6.07) is 0. The molecule has 0 aromatic rings. The first-order chi connectivity index (χ1) is 9.67. The molecule has 2 unspecified atom stereocenters. The fourth-order valence-corrected chi connectivity index (χ4v) is 3.04. The molecule has 0 heterocycles. The van der Waals surface area contributed by atoms with Crippen LogP contribution in [-0.2, 0) is 13.6 Å². The molecular weight excluding hydrogens is 330 g/mol. The summed E-state index contributed by atoms with van der Waals surface area (Å²) in [5.74, 6) is 1.05. The van der Waals surface area contributed by atoms with Crippen molar-refractivity contribution < 1.29 is 55.6 Å². The molecule has 0 spiro atoms. The minimum Gasteiger partial charge on any atom is -1.00 e. The summed E-state index contributed by atoms with van der Waals surface area (Å²) in [7, 11) is -2.30. The van der Waals surface area contributed by atoms with Gasteiger partial charge in [0.25, 0.3) is 0 Å². The molecule has 130 valence electrons. The molecule has 0 N–H and O–H groups in total. The van der Waals surface area contributed by atoms with Gasteiger partial charge in [0.2, 0.25) is 0 Å². The Hall–Kier alpha value is 1.44. The summed E-state index contributed by atoms with van der Waals surface area (Å²) in [6.07, 6.45) is 9.35. The van der Waals surface area contributed by atoms with Gasteiger partial charge >= 0.3 is 37.8 Å². The van der Waals surface area contributed by atoms with Gasteiger partial charge in [-0.1, -0.05) is 66.2 Å². The van der Waals surface area contributed by atoms with Gasteiger partial charge in [-0.15, -0.1) is 0 Å². The van der Waals surface area contributed by atoms with Crippen LogP contribution in [0.3, 0.4) is 0 Å². The van der Waals surface area contributed by atoms with Crippen molar-refractivity contribution in [3.8, 4) is 0 Å². The maximum absolute atomic E-state index is 11.8. The van der Waals surface area contributed by atoms with Crippen molar-refractivity contribution in [1.82, 2.24) is 0 Å².